The number of halogens is 2. The Hall–Kier alpha value is -1.37. The molecule has 2 aliphatic heterocycles. The molecule has 7 heteroatoms. The van der Waals surface area contributed by atoms with Crippen molar-refractivity contribution in [2.24, 2.45) is 5.41 Å². The molecule has 1 aromatic carbocycles. The molecule has 1 unspecified atom stereocenters. The average Bonchev–Trinajstić information content (AvgIpc) is 2.98. The van der Waals surface area contributed by atoms with Gasteiger partial charge in [0.25, 0.3) is 0 Å². The summed E-state index contributed by atoms with van der Waals surface area (Å²) in [4.78, 5) is 14.6. The number of likely N-dealkylation sites (tertiary alicyclic amines) is 1. The Labute approximate surface area is 155 Å². The van der Waals surface area contributed by atoms with Gasteiger partial charge in [-0.15, -0.1) is 12.4 Å². The molecule has 5 nitrogen and oxygen atoms in total. The molecule has 2 heterocycles. The number of urea groups is 1. The van der Waals surface area contributed by atoms with Gasteiger partial charge in [0.2, 0.25) is 0 Å². The quantitative estimate of drug-likeness (QED) is 0.763. The molecular weight excluding hydrogens is 343 g/mol. The fraction of sp³-hybridized carbons (Fsp3) is 0.611. The average molecular weight is 371 g/mol. The van der Waals surface area contributed by atoms with Crippen LogP contribution in [0.25, 0.3) is 0 Å². The smallest absolute Gasteiger partial charge is 0.319 e. The van der Waals surface area contributed by atoms with E-state index in [1.54, 1.807) is 12.1 Å². The summed E-state index contributed by atoms with van der Waals surface area (Å²) in [7, 11) is 0. The third kappa shape index (κ3) is 5.83. The third-order valence-corrected chi connectivity index (χ3v) is 5.09. The van der Waals surface area contributed by atoms with E-state index in [9.17, 15) is 9.18 Å². The van der Waals surface area contributed by atoms with Crippen molar-refractivity contribution in [3.05, 3.63) is 30.1 Å². The molecule has 140 valence electrons. The fourth-order valence-electron chi connectivity index (χ4n) is 3.66. The van der Waals surface area contributed by atoms with E-state index in [-0.39, 0.29) is 30.3 Å². The maximum absolute atomic E-state index is 12.9. The van der Waals surface area contributed by atoms with Gasteiger partial charge in [-0.05, 0) is 55.5 Å². The number of carbonyl (C=O) groups excluding carboxylic acids is 1. The summed E-state index contributed by atoms with van der Waals surface area (Å²) in [5.74, 6) is -0.306. The molecule has 0 spiro atoms. The highest BCUT2D eigenvalue weighted by molar-refractivity contribution is 5.89. The van der Waals surface area contributed by atoms with Crippen molar-refractivity contribution < 1.29 is 9.18 Å². The highest BCUT2D eigenvalue weighted by Gasteiger charge is 2.32. The van der Waals surface area contributed by atoms with E-state index in [4.69, 9.17) is 0 Å². The first kappa shape index (κ1) is 19.9. The number of carbonyl (C=O) groups is 1. The summed E-state index contributed by atoms with van der Waals surface area (Å²) < 4.78 is 12.9. The predicted molar refractivity (Wildman–Crippen MR) is 101 cm³/mol. The summed E-state index contributed by atoms with van der Waals surface area (Å²) in [6.07, 6.45) is 3.19. The summed E-state index contributed by atoms with van der Waals surface area (Å²) in [6, 6.07) is 5.80. The predicted octanol–water partition coefficient (Wildman–Crippen LogP) is 2.83. The van der Waals surface area contributed by atoms with E-state index in [0.29, 0.717) is 11.1 Å². The van der Waals surface area contributed by atoms with Crippen LogP contribution in [0.3, 0.4) is 0 Å². The van der Waals surface area contributed by atoms with Gasteiger partial charge in [0.1, 0.15) is 5.82 Å². The molecule has 2 amide bonds. The molecule has 2 fully saturated rings. The van der Waals surface area contributed by atoms with E-state index in [1.165, 1.54) is 18.6 Å². The lowest BCUT2D eigenvalue weighted by molar-refractivity contribution is 0.139. The Morgan fingerprint density at radius 2 is 2.00 bits per heavy atom. The minimum Gasteiger partial charge on any atom is -0.335 e. The lowest BCUT2D eigenvalue weighted by Gasteiger charge is -2.37. The molecule has 0 aromatic heterocycles. The molecule has 3 N–H and O–H groups in total. The van der Waals surface area contributed by atoms with Crippen LogP contribution in [0.15, 0.2) is 24.3 Å². The van der Waals surface area contributed by atoms with Crippen LogP contribution in [0.4, 0.5) is 14.9 Å². The second-order valence-corrected chi connectivity index (χ2v) is 7.39. The zero-order chi connectivity index (χ0) is 17.0. The molecule has 2 saturated heterocycles. The Kier molecular flexibility index (Phi) is 7.04. The summed E-state index contributed by atoms with van der Waals surface area (Å²) in [6.45, 7) is 7.76. The van der Waals surface area contributed by atoms with E-state index >= 15 is 0 Å². The van der Waals surface area contributed by atoms with Gasteiger partial charge in [0, 0.05) is 37.9 Å². The lowest BCUT2D eigenvalue weighted by Crippen LogP contribution is -2.48. The SMILES string of the molecule is CC1(CN2CCC(NC(=O)Nc3ccc(F)cc3)CC2)CCNC1.Cl. The van der Waals surface area contributed by atoms with Crippen LogP contribution in [0.2, 0.25) is 0 Å². The zero-order valence-corrected chi connectivity index (χ0v) is 15.5. The molecule has 0 bridgehead atoms. The number of nitrogens with zero attached hydrogens (tertiary/aromatic N) is 1. The number of hydrogen-bond acceptors (Lipinski definition) is 3. The first-order valence-corrected chi connectivity index (χ1v) is 8.79. The first-order valence-electron chi connectivity index (χ1n) is 8.79. The number of hydrogen-bond donors (Lipinski definition) is 3. The van der Waals surface area contributed by atoms with Gasteiger partial charge in [-0.3, -0.25) is 0 Å². The van der Waals surface area contributed by atoms with Crippen molar-refractivity contribution in [1.82, 2.24) is 15.5 Å². The van der Waals surface area contributed by atoms with Gasteiger partial charge in [0.15, 0.2) is 0 Å². The largest absolute Gasteiger partial charge is 0.335 e. The van der Waals surface area contributed by atoms with Gasteiger partial charge >= 0.3 is 6.03 Å². The molecule has 2 aliphatic rings. The van der Waals surface area contributed by atoms with Gasteiger partial charge in [-0.2, -0.15) is 0 Å². The summed E-state index contributed by atoms with van der Waals surface area (Å²) in [5.41, 5.74) is 0.994. The molecule has 0 saturated carbocycles. The zero-order valence-electron chi connectivity index (χ0n) is 14.7. The minimum atomic E-state index is -0.306. The Morgan fingerprint density at radius 3 is 2.60 bits per heavy atom. The first-order chi connectivity index (χ1) is 11.5. The van der Waals surface area contributed by atoms with Crippen LogP contribution in [0.5, 0.6) is 0 Å². The van der Waals surface area contributed by atoms with E-state index in [0.717, 1.165) is 45.6 Å². The van der Waals surface area contributed by atoms with Crippen molar-refractivity contribution in [1.29, 1.82) is 0 Å². The Balaban J connectivity index is 0.00000225. The molecule has 0 radical (unpaired) electrons. The van der Waals surface area contributed by atoms with Crippen molar-refractivity contribution >= 4 is 24.1 Å². The number of nitrogens with one attached hydrogen (secondary N) is 3. The maximum atomic E-state index is 12.9. The van der Waals surface area contributed by atoms with E-state index in [2.05, 4.69) is 27.8 Å². The van der Waals surface area contributed by atoms with Crippen molar-refractivity contribution in [2.75, 3.05) is 38.0 Å². The van der Waals surface area contributed by atoms with Crippen LogP contribution < -0.4 is 16.0 Å². The Morgan fingerprint density at radius 1 is 1.32 bits per heavy atom. The number of rotatable bonds is 4. The van der Waals surface area contributed by atoms with Crippen LogP contribution in [-0.2, 0) is 0 Å². The molecular formula is C18H28ClFN4O. The molecule has 3 rings (SSSR count). The van der Waals surface area contributed by atoms with Gasteiger partial charge in [0.05, 0.1) is 0 Å². The number of piperidine rings is 1. The third-order valence-electron chi connectivity index (χ3n) is 5.09. The molecule has 25 heavy (non-hydrogen) atoms. The summed E-state index contributed by atoms with van der Waals surface area (Å²) >= 11 is 0. The molecule has 0 aliphatic carbocycles. The maximum Gasteiger partial charge on any atom is 0.319 e. The van der Waals surface area contributed by atoms with Gasteiger partial charge in [-0.1, -0.05) is 6.92 Å². The van der Waals surface area contributed by atoms with Crippen molar-refractivity contribution in [3.8, 4) is 0 Å². The normalized spacial score (nSPS) is 24.6. The minimum absolute atomic E-state index is 0. The molecule has 1 aromatic rings. The van der Waals surface area contributed by atoms with Crippen LogP contribution in [0, 0.1) is 11.2 Å². The topological polar surface area (TPSA) is 56.4 Å². The van der Waals surface area contributed by atoms with Gasteiger partial charge < -0.3 is 20.9 Å². The number of anilines is 1. The van der Waals surface area contributed by atoms with Crippen LogP contribution in [-0.4, -0.2) is 49.7 Å². The number of amides is 2. The summed E-state index contributed by atoms with van der Waals surface area (Å²) in [5, 5.41) is 9.23. The second-order valence-electron chi connectivity index (χ2n) is 7.39. The van der Waals surface area contributed by atoms with Gasteiger partial charge in [-0.25, -0.2) is 9.18 Å². The standard InChI is InChI=1S/C18H27FN4O.ClH/c1-18(8-9-20-12-18)13-23-10-6-16(7-11-23)22-17(24)21-15-4-2-14(19)3-5-15;/h2-5,16,20H,6-13H2,1H3,(H2,21,22,24);1H. The van der Waals surface area contributed by atoms with Crippen molar-refractivity contribution in [2.45, 2.75) is 32.2 Å². The number of benzene rings is 1. The highest BCUT2D eigenvalue weighted by atomic mass is 35.5. The van der Waals surface area contributed by atoms with Crippen LogP contribution in [0.1, 0.15) is 26.2 Å². The lowest BCUT2D eigenvalue weighted by atomic mass is 9.88. The van der Waals surface area contributed by atoms with E-state index < -0.39 is 0 Å². The Bertz CT molecular complexity index is 555. The second kappa shape index (κ2) is 8.83. The van der Waals surface area contributed by atoms with Crippen molar-refractivity contribution in [3.63, 3.8) is 0 Å². The fourth-order valence-corrected chi connectivity index (χ4v) is 3.66. The van der Waals surface area contributed by atoms with Crippen LogP contribution >= 0.6 is 12.4 Å². The monoisotopic (exact) mass is 370 g/mol. The highest BCUT2D eigenvalue weighted by Crippen LogP contribution is 2.27. The molecule has 1 atom stereocenters. The van der Waals surface area contributed by atoms with E-state index in [1.807, 2.05) is 0 Å².